The number of hydrogen-bond acceptors (Lipinski definition) is 5. The van der Waals surface area contributed by atoms with E-state index in [0.717, 1.165) is 22.8 Å². The molecule has 3 aromatic heterocycles. The Morgan fingerprint density at radius 1 is 1.19 bits per heavy atom. The molecule has 0 aliphatic carbocycles. The first-order valence-corrected chi connectivity index (χ1v) is 8.57. The second-order valence-electron chi connectivity index (χ2n) is 6.45. The summed E-state index contributed by atoms with van der Waals surface area (Å²) in [6, 6.07) is 9.51. The van der Waals surface area contributed by atoms with Crippen molar-refractivity contribution in [3.8, 4) is 11.4 Å². The van der Waals surface area contributed by atoms with Crippen molar-refractivity contribution in [1.82, 2.24) is 29.1 Å². The minimum absolute atomic E-state index is 0.0779. The Labute approximate surface area is 155 Å². The van der Waals surface area contributed by atoms with Gasteiger partial charge in [0.15, 0.2) is 5.82 Å². The molecule has 0 unspecified atom stereocenters. The van der Waals surface area contributed by atoms with E-state index >= 15 is 0 Å². The third-order valence-corrected chi connectivity index (χ3v) is 4.21. The fourth-order valence-corrected chi connectivity index (χ4v) is 3.01. The number of benzene rings is 1. The Morgan fingerprint density at radius 2 is 2.04 bits per heavy atom. The number of hydrogen-bond donors (Lipinski definition) is 1. The van der Waals surface area contributed by atoms with E-state index in [9.17, 15) is 4.79 Å². The van der Waals surface area contributed by atoms with Crippen LogP contribution in [-0.4, -0.2) is 35.0 Å². The number of nitrogens with zero attached hydrogens (tertiary/aromatic N) is 6. The van der Waals surface area contributed by atoms with Gasteiger partial charge in [0.05, 0.1) is 6.42 Å². The summed E-state index contributed by atoms with van der Waals surface area (Å²) in [6.45, 7) is 3.84. The molecule has 8 nitrogen and oxygen atoms in total. The Balaban J connectivity index is 1.52. The third kappa shape index (κ3) is 3.41. The summed E-state index contributed by atoms with van der Waals surface area (Å²) in [5, 5.41) is 7.27. The van der Waals surface area contributed by atoms with Gasteiger partial charge in [-0.3, -0.25) is 4.79 Å². The van der Waals surface area contributed by atoms with Gasteiger partial charge in [0.25, 0.3) is 5.78 Å². The van der Waals surface area contributed by atoms with Gasteiger partial charge in [-0.05, 0) is 32.0 Å². The van der Waals surface area contributed by atoms with Crippen molar-refractivity contribution in [1.29, 1.82) is 0 Å². The van der Waals surface area contributed by atoms with Gasteiger partial charge in [-0.2, -0.15) is 4.98 Å². The zero-order valence-electron chi connectivity index (χ0n) is 15.3. The van der Waals surface area contributed by atoms with Crippen molar-refractivity contribution < 1.29 is 4.79 Å². The molecule has 1 N–H and O–H groups in total. The molecule has 0 spiro atoms. The molecule has 0 aliphatic rings. The molecule has 136 valence electrons. The van der Waals surface area contributed by atoms with Crippen LogP contribution in [0.5, 0.6) is 0 Å². The maximum atomic E-state index is 12.4. The Bertz CT molecular complexity index is 1140. The summed E-state index contributed by atoms with van der Waals surface area (Å²) in [5.74, 6) is 1.60. The summed E-state index contributed by atoms with van der Waals surface area (Å²) in [7, 11) is 1.93. The first-order valence-electron chi connectivity index (χ1n) is 8.57. The summed E-state index contributed by atoms with van der Waals surface area (Å²) in [6.07, 6.45) is 3.70. The van der Waals surface area contributed by atoms with Crippen molar-refractivity contribution >= 4 is 17.4 Å². The SMILES string of the molecule is Cc1cc(C)n2nc(CC(=O)Nc3cccc(-c4nccn4C)c3)nc2n1. The topological polar surface area (TPSA) is 90.0 Å². The standard InChI is InChI=1S/C19H19N7O/c1-12-9-13(2)26-19(21-12)23-16(24-26)11-17(27)22-15-6-4-5-14(10-15)18-20-7-8-25(18)3/h4-10H,11H2,1-3H3,(H,22,27). The van der Waals surface area contributed by atoms with Crippen LogP contribution >= 0.6 is 0 Å². The second-order valence-corrected chi connectivity index (χ2v) is 6.45. The van der Waals surface area contributed by atoms with E-state index < -0.39 is 0 Å². The van der Waals surface area contributed by atoms with E-state index in [4.69, 9.17) is 0 Å². The largest absolute Gasteiger partial charge is 0.334 e. The number of amides is 1. The molecule has 1 aromatic carbocycles. The molecule has 0 radical (unpaired) electrons. The van der Waals surface area contributed by atoms with Gasteiger partial charge >= 0.3 is 0 Å². The first kappa shape index (κ1) is 16.9. The molecule has 0 saturated carbocycles. The van der Waals surface area contributed by atoms with Crippen molar-refractivity contribution in [3.05, 3.63) is 59.9 Å². The van der Waals surface area contributed by atoms with Gasteiger partial charge in [-0.15, -0.1) is 5.10 Å². The number of nitrogens with one attached hydrogen (secondary N) is 1. The number of rotatable bonds is 4. The van der Waals surface area contributed by atoms with Crippen molar-refractivity contribution in [2.75, 3.05) is 5.32 Å². The predicted molar refractivity (Wildman–Crippen MR) is 101 cm³/mol. The monoisotopic (exact) mass is 361 g/mol. The molecule has 0 atom stereocenters. The molecule has 0 aliphatic heterocycles. The van der Waals surface area contributed by atoms with Crippen molar-refractivity contribution in [2.24, 2.45) is 7.05 Å². The summed E-state index contributed by atoms with van der Waals surface area (Å²) < 4.78 is 3.58. The second kappa shape index (κ2) is 6.64. The lowest BCUT2D eigenvalue weighted by Gasteiger charge is -2.07. The zero-order chi connectivity index (χ0) is 19.0. The fraction of sp³-hybridized carbons (Fsp3) is 0.211. The van der Waals surface area contributed by atoms with Gasteiger partial charge in [0.1, 0.15) is 5.82 Å². The fourth-order valence-electron chi connectivity index (χ4n) is 3.01. The summed E-state index contributed by atoms with van der Waals surface area (Å²) >= 11 is 0. The highest BCUT2D eigenvalue weighted by Crippen LogP contribution is 2.20. The average Bonchev–Trinajstić information content (AvgIpc) is 3.21. The molecule has 27 heavy (non-hydrogen) atoms. The molecule has 3 heterocycles. The number of imidazole rings is 1. The van der Waals surface area contributed by atoms with Crippen molar-refractivity contribution in [3.63, 3.8) is 0 Å². The van der Waals surface area contributed by atoms with Crippen LogP contribution in [0.4, 0.5) is 5.69 Å². The van der Waals surface area contributed by atoms with E-state index in [1.165, 1.54) is 0 Å². The van der Waals surface area contributed by atoms with Crippen LogP contribution in [0.3, 0.4) is 0 Å². The van der Waals surface area contributed by atoms with Crippen LogP contribution in [0.15, 0.2) is 42.7 Å². The highest BCUT2D eigenvalue weighted by Gasteiger charge is 2.12. The van der Waals surface area contributed by atoms with Gasteiger partial charge in [-0.25, -0.2) is 14.5 Å². The van der Waals surface area contributed by atoms with Crippen LogP contribution in [-0.2, 0) is 18.3 Å². The van der Waals surface area contributed by atoms with Gasteiger partial charge in [0, 0.05) is 42.1 Å². The molecular formula is C19H19N7O. The molecule has 1 amide bonds. The lowest BCUT2D eigenvalue weighted by atomic mass is 10.2. The van der Waals surface area contributed by atoms with Gasteiger partial charge < -0.3 is 9.88 Å². The molecule has 0 bridgehead atoms. The van der Waals surface area contributed by atoms with Crippen LogP contribution in [0.25, 0.3) is 17.2 Å². The lowest BCUT2D eigenvalue weighted by Crippen LogP contribution is -2.15. The number of fused-ring (bicyclic) bond motifs is 1. The quantitative estimate of drug-likeness (QED) is 0.602. The average molecular weight is 361 g/mol. The molecule has 4 rings (SSSR count). The van der Waals surface area contributed by atoms with Gasteiger partial charge in [-0.1, -0.05) is 12.1 Å². The molecule has 4 aromatic rings. The molecule has 0 saturated heterocycles. The minimum Gasteiger partial charge on any atom is -0.334 e. The zero-order valence-corrected chi connectivity index (χ0v) is 15.3. The summed E-state index contributed by atoms with van der Waals surface area (Å²) in [4.78, 5) is 25.5. The minimum atomic E-state index is -0.183. The lowest BCUT2D eigenvalue weighted by molar-refractivity contribution is -0.115. The van der Waals surface area contributed by atoms with Crippen LogP contribution in [0, 0.1) is 13.8 Å². The maximum Gasteiger partial charge on any atom is 0.252 e. The Kier molecular flexibility index (Phi) is 4.15. The number of anilines is 1. The first-order chi connectivity index (χ1) is 13.0. The van der Waals surface area contributed by atoms with Crippen LogP contribution in [0.2, 0.25) is 0 Å². The molecule has 8 heteroatoms. The number of carbonyl (C=O) groups excluding carboxylic acids is 1. The highest BCUT2D eigenvalue weighted by molar-refractivity contribution is 5.92. The summed E-state index contributed by atoms with van der Waals surface area (Å²) in [5.41, 5.74) is 3.43. The maximum absolute atomic E-state index is 12.4. The van der Waals surface area contributed by atoms with Gasteiger partial charge in [0.2, 0.25) is 5.91 Å². The van der Waals surface area contributed by atoms with E-state index in [1.54, 1.807) is 10.7 Å². The number of aromatic nitrogens is 6. The predicted octanol–water partition coefficient (Wildman–Crippen LogP) is 2.32. The van der Waals surface area contributed by atoms with E-state index in [2.05, 4.69) is 25.4 Å². The van der Waals surface area contributed by atoms with Crippen LogP contribution in [0.1, 0.15) is 17.2 Å². The number of aryl methyl sites for hydroxylation is 3. The highest BCUT2D eigenvalue weighted by atomic mass is 16.1. The normalized spacial score (nSPS) is 11.1. The Morgan fingerprint density at radius 3 is 2.81 bits per heavy atom. The smallest absolute Gasteiger partial charge is 0.252 e. The Hall–Kier alpha value is -3.55. The van der Waals surface area contributed by atoms with Crippen molar-refractivity contribution in [2.45, 2.75) is 20.3 Å². The van der Waals surface area contributed by atoms with E-state index in [0.29, 0.717) is 17.3 Å². The third-order valence-electron chi connectivity index (χ3n) is 4.21. The van der Waals surface area contributed by atoms with E-state index in [-0.39, 0.29) is 12.3 Å². The van der Waals surface area contributed by atoms with E-state index in [1.807, 2.05) is 62.0 Å². The molecule has 0 fully saturated rings. The van der Waals surface area contributed by atoms with Crippen LogP contribution < -0.4 is 5.32 Å². The number of carbonyl (C=O) groups is 1. The molecular weight excluding hydrogens is 342 g/mol.